The lowest BCUT2D eigenvalue weighted by atomic mass is 9.94. The Morgan fingerprint density at radius 3 is 2.72 bits per heavy atom. The van der Waals surface area contributed by atoms with Gasteiger partial charge in [-0.15, -0.1) is 0 Å². The molecule has 2 heterocycles. The molecule has 0 bridgehead atoms. The number of rotatable bonds is 5. The van der Waals surface area contributed by atoms with Crippen LogP contribution in [0.4, 0.5) is 0 Å². The first kappa shape index (κ1) is 17.3. The second-order valence-corrected chi connectivity index (χ2v) is 6.36. The number of hydrogen-bond donors (Lipinski definition) is 1. The van der Waals surface area contributed by atoms with Gasteiger partial charge in [-0.25, -0.2) is 4.79 Å². The van der Waals surface area contributed by atoms with E-state index in [1.807, 2.05) is 6.92 Å². The molecular weight excluding hydrogens is 322 g/mol. The topological polar surface area (TPSA) is 88.3 Å². The van der Waals surface area contributed by atoms with E-state index in [0.717, 1.165) is 30.3 Å². The Morgan fingerprint density at radius 2 is 2.08 bits per heavy atom. The maximum absolute atomic E-state index is 12.9. The molecule has 2 aromatic rings. The Labute approximate surface area is 145 Å². The Kier molecular flexibility index (Phi) is 5.21. The van der Waals surface area contributed by atoms with Crippen molar-refractivity contribution in [1.82, 2.24) is 14.5 Å². The zero-order valence-corrected chi connectivity index (χ0v) is 14.4. The lowest BCUT2D eigenvalue weighted by Crippen LogP contribution is -2.46. The lowest BCUT2D eigenvalue weighted by molar-refractivity contribution is 0.0644. The van der Waals surface area contributed by atoms with Gasteiger partial charge in [0.1, 0.15) is 11.3 Å². The minimum absolute atomic E-state index is 0.00132. The molecule has 1 N–H and O–H groups in total. The van der Waals surface area contributed by atoms with Crippen LogP contribution in [0.25, 0.3) is 0 Å². The standard InChI is InChI=1S/C18H23N3O4/c1-2-20(13-7-4-3-5-8-13)16(22)15-11-19-18(24)21(17(15)23)12-14-9-6-10-25-14/h6,9-11,13H,2-5,7-8,12H2,1H3,(H,19,24). The summed E-state index contributed by atoms with van der Waals surface area (Å²) >= 11 is 0. The molecule has 0 radical (unpaired) electrons. The van der Waals surface area contributed by atoms with Crippen molar-refractivity contribution in [3.8, 4) is 0 Å². The molecule has 134 valence electrons. The first-order chi connectivity index (χ1) is 12.1. The normalized spacial score (nSPS) is 15.2. The van der Waals surface area contributed by atoms with Crippen molar-refractivity contribution < 1.29 is 9.21 Å². The van der Waals surface area contributed by atoms with Gasteiger partial charge in [0.2, 0.25) is 0 Å². The molecule has 3 rings (SSSR count). The summed E-state index contributed by atoms with van der Waals surface area (Å²) in [5.41, 5.74) is -1.14. The Morgan fingerprint density at radius 1 is 1.32 bits per heavy atom. The van der Waals surface area contributed by atoms with Gasteiger partial charge < -0.3 is 14.3 Å². The van der Waals surface area contributed by atoms with Gasteiger partial charge in [-0.1, -0.05) is 19.3 Å². The third kappa shape index (κ3) is 3.60. The maximum Gasteiger partial charge on any atom is 0.328 e. The number of aromatic amines is 1. The van der Waals surface area contributed by atoms with E-state index >= 15 is 0 Å². The third-order valence-corrected chi connectivity index (χ3v) is 4.80. The molecule has 7 nitrogen and oxygen atoms in total. The molecular formula is C18H23N3O4. The SMILES string of the molecule is CCN(C(=O)c1c[nH]c(=O)n(Cc2ccco2)c1=O)C1CCCCC1. The summed E-state index contributed by atoms with van der Waals surface area (Å²) in [5, 5.41) is 0. The Hall–Kier alpha value is -2.57. The third-order valence-electron chi connectivity index (χ3n) is 4.80. The highest BCUT2D eigenvalue weighted by Crippen LogP contribution is 2.23. The van der Waals surface area contributed by atoms with Crippen LogP contribution in [-0.2, 0) is 6.54 Å². The molecule has 25 heavy (non-hydrogen) atoms. The van der Waals surface area contributed by atoms with Crippen LogP contribution < -0.4 is 11.2 Å². The number of amides is 1. The molecule has 1 amide bonds. The number of aromatic nitrogens is 2. The molecule has 1 aliphatic carbocycles. The highest BCUT2D eigenvalue weighted by atomic mass is 16.3. The molecule has 2 aromatic heterocycles. The fourth-order valence-electron chi connectivity index (χ4n) is 3.48. The van der Waals surface area contributed by atoms with Gasteiger partial charge in [-0.05, 0) is 31.9 Å². The molecule has 0 saturated heterocycles. The van der Waals surface area contributed by atoms with E-state index in [1.165, 1.54) is 18.9 Å². The summed E-state index contributed by atoms with van der Waals surface area (Å²) in [6, 6.07) is 3.53. The molecule has 7 heteroatoms. The van der Waals surface area contributed by atoms with Gasteiger partial charge in [0, 0.05) is 18.8 Å². The van der Waals surface area contributed by atoms with Crippen molar-refractivity contribution in [3.05, 3.63) is 56.8 Å². The number of nitrogens with zero attached hydrogens (tertiary/aromatic N) is 2. The number of carbonyl (C=O) groups is 1. The number of carbonyl (C=O) groups excluding carboxylic acids is 1. The Bertz CT molecular complexity index is 829. The zero-order chi connectivity index (χ0) is 17.8. The highest BCUT2D eigenvalue weighted by Gasteiger charge is 2.27. The van der Waals surface area contributed by atoms with E-state index in [1.54, 1.807) is 17.0 Å². The van der Waals surface area contributed by atoms with Crippen LogP contribution in [0, 0.1) is 0 Å². The van der Waals surface area contributed by atoms with Crippen LogP contribution in [-0.4, -0.2) is 32.9 Å². The van der Waals surface area contributed by atoms with Gasteiger partial charge >= 0.3 is 5.69 Å². The van der Waals surface area contributed by atoms with Crippen LogP contribution in [0.1, 0.15) is 55.1 Å². The summed E-state index contributed by atoms with van der Waals surface area (Å²) in [6.45, 7) is 2.46. The summed E-state index contributed by atoms with van der Waals surface area (Å²) in [6.07, 6.45) is 8.03. The van der Waals surface area contributed by atoms with Crippen molar-refractivity contribution in [3.63, 3.8) is 0 Å². The van der Waals surface area contributed by atoms with E-state index in [0.29, 0.717) is 12.3 Å². The van der Waals surface area contributed by atoms with Crippen molar-refractivity contribution in [2.24, 2.45) is 0 Å². The van der Waals surface area contributed by atoms with Crippen LogP contribution in [0.5, 0.6) is 0 Å². The second kappa shape index (κ2) is 7.55. The van der Waals surface area contributed by atoms with Crippen molar-refractivity contribution in [2.75, 3.05) is 6.54 Å². The summed E-state index contributed by atoms with van der Waals surface area (Å²) in [5.74, 6) is 0.167. The average Bonchev–Trinajstić information content (AvgIpc) is 3.13. The largest absolute Gasteiger partial charge is 0.467 e. The number of hydrogen-bond acceptors (Lipinski definition) is 4. The van der Waals surface area contributed by atoms with E-state index in [-0.39, 0.29) is 24.1 Å². The predicted molar refractivity (Wildman–Crippen MR) is 92.7 cm³/mol. The second-order valence-electron chi connectivity index (χ2n) is 6.36. The lowest BCUT2D eigenvalue weighted by Gasteiger charge is -2.33. The van der Waals surface area contributed by atoms with E-state index in [2.05, 4.69) is 4.98 Å². The van der Waals surface area contributed by atoms with Gasteiger partial charge in [-0.3, -0.25) is 14.2 Å². The number of nitrogens with one attached hydrogen (secondary N) is 1. The fourth-order valence-corrected chi connectivity index (χ4v) is 3.48. The number of furan rings is 1. The van der Waals surface area contributed by atoms with E-state index in [4.69, 9.17) is 4.42 Å². The molecule has 0 spiro atoms. The van der Waals surface area contributed by atoms with Crippen LogP contribution in [0.3, 0.4) is 0 Å². The van der Waals surface area contributed by atoms with E-state index < -0.39 is 11.2 Å². The molecule has 0 aromatic carbocycles. The predicted octanol–water partition coefficient (Wildman–Crippen LogP) is 1.97. The van der Waals surface area contributed by atoms with Crippen molar-refractivity contribution in [2.45, 2.75) is 51.6 Å². The zero-order valence-electron chi connectivity index (χ0n) is 14.4. The van der Waals surface area contributed by atoms with Crippen LogP contribution in [0.15, 0.2) is 38.6 Å². The fraction of sp³-hybridized carbons (Fsp3) is 0.500. The molecule has 1 saturated carbocycles. The van der Waals surface area contributed by atoms with Gasteiger partial charge in [0.05, 0.1) is 12.8 Å². The van der Waals surface area contributed by atoms with Crippen LogP contribution >= 0.6 is 0 Å². The molecule has 0 atom stereocenters. The number of H-pyrrole nitrogens is 1. The van der Waals surface area contributed by atoms with Crippen LogP contribution in [0.2, 0.25) is 0 Å². The van der Waals surface area contributed by atoms with E-state index in [9.17, 15) is 14.4 Å². The first-order valence-corrected chi connectivity index (χ1v) is 8.77. The minimum atomic E-state index is -0.584. The van der Waals surface area contributed by atoms with Gasteiger partial charge in [0.15, 0.2) is 0 Å². The van der Waals surface area contributed by atoms with Gasteiger partial charge in [-0.2, -0.15) is 0 Å². The van der Waals surface area contributed by atoms with Crippen molar-refractivity contribution in [1.29, 1.82) is 0 Å². The minimum Gasteiger partial charge on any atom is -0.467 e. The smallest absolute Gasteiger partial charge is 0.328 e. The monoisotopic (exact) mass is 345 g/mol. The Balaban J connectivity index is 1.92. The molecule has 1 aliphatic rings. The molecule has 0 aliphatic heterocycles. The van der Waals surface area contributed by atoms with Gasteiger partial charge in [0.25, 0.3) is 11.5 Å². The summed E-state index contributed by atoms with van der Waals surface area (Å²) in [4.78, 5) is 41.9. The maximum atomic E-state index is 12.9. The first-order valence-electron chi connectivity index (χ1n) is 8.77. The summed E-state index contributed by atoms with van der Waals surface area (Å²) < 4.78 is 6.20. The average molecular weight is 345 g/mol. The quantitative estimate of drug-likeness (QED) is 0.897. The summed E-state index contributed by atoms with van der Waals surface area (Å²) in [7, 11) is 0. The highest BCUT2D eigenvalue weighted by molar-refractivity contribution is 5.93. The molecule has 1 fully saturated rings. The van der Waals surface area contributed by atoms with Crippen molar-refractivity contribution >= 4 is 5.91 Å². The molecule has 0 unspecified atom stereocenters.